The van der Waals surface area contributed by atoms with Gasteiger partial charge in [0.2, 0.25) is 5.91 Å². The summed E-state index contributed by atoms with van der Waals surface area (Å²) in [4.78, 5) is 15.0. The summed E-state index contributed by atoms with van der Waals surface area (Å²) in [5.74, 6) is -0.0833. The lowest BCUT2D eigenvalue weighted by atomic mass is 9.85. The minimum atomic E-state index is -0.0938. The van der Waals surface area contributed by atoms with Gasteiger partial charge in [0.25, 0.3) is 0 Å². The molecule has 2 aromatic carbocycles. The van der Waals surface area contributed by atoms with E-state index in [1.165, 1.54) is 0 Å². The Balaban J connectivity index is 1.76. The van der Waals surface area contributed by atoms with Crippen molar-refractivity contribution < 1.29 is 4.79 Å². The molecule has 0 aromatic heterocycles. The first-order valence-corrected chi connectivity index (χ1v) is 8.58. The summed E-state index contributed by atoms with van der Waals surface area (Å²) in [6.45, 7) is 0.588. The molecular weight excluding hydrogens is 340 g/mol. The molecule has 0 saturated carbocycles. The predicted molar refractivity (Wildman–Crippen MR) is 100 cm³/mol. The maximum atomic E-state index is 12.2. The highest BCUT2D eigenvalue weighted by Gasteiger charge is 2.39. The van der Waals surface area contributed by atoms with Crippen LogP contribution in [0.1, 0.15) is 17.9 Å². The van der Waals surface area contributed by atoms with Gasteiger partial charge in [-0.3, -0.25) is 4.79 Å². The zero-order valence-electron chi connectivity index (χ0n) is 12.8. The van der Waals surface area contributed by atoms with Crippen molar-refractivity contribution in [1.29, 1.82) is 0 Å². The Hall–Kier alpha value is -2.17. The average molecular weight is 355 g/mol. The van der Waals surface area contributed by atoms with Crippen LogP contribution in [0.5, 0.6) is 0 Å². The molecule has 2 aliphatic rings. The third kappa shape index (κ3) is 2.52. The van der Waals surface area contributed by atoms with Crippen LogP contribution in [-0.4, -0.2) is 17.4 Å². The predicted octanol–water partition coefficient (Wildman–Crippen LogP) is 4.05. The number of anilines is 1. The van der Waals surface area contributed by atoms with Crippen molar-refractivity contribution in [2.75, 3.05) is 11.4 Å². The quantitative estimate of drug-likeness (QED) is 0.826. The molecule has 2 heterocycles. The van der Waals surface area contributed by atoms with Crippen molar-refractivity contribution in [3.8, 4) is 0 Å². The number of para-hydroxylation sites is 1. The fraction of sp³-hybridized carbons (Fsp3) is 0.158. The summed E-state index contributed by atoms with van der Waals surface area (Å²) in [6, 6.07) is 17.7. The van der Waals surface area contributed by atoms with E-state index < -0.39 is 0 Å². The number of carbonyl (C=O) groups excluding carboxylic acids is 1. The molecule has 2 aromatic rings. The Labute approximate surface area is 150 Å². The van der Waals surface area contributed by atoms with Crippen LogP contribution in [0.15, 0.2) is 65.9 Å². The molecule has 5 heteroatoms. The van der Waals surface area contributed by atoms with Crippen LogP contribution in [0.25, 0.3) is 0 Å². The third-order valence-corrected chi connectivity index (χ3v) is 5.28. The van der Waals surface area contributed by atoms with Gasteiger partial charge in [-0.05, 0) is 23.8 Å². The fourth-order valence-corrected chi connectivity index (χ4v) is 4.11. The zero-order valence-corrected chi connectivity index (χ0v) is 14.4. The van der Waals surface area contributed by atoms with Gasteiger partial charge in [-0.1, -0.05) is 60.2 Å². The van der Waals surface area contributed by atoms with Gasteiger partial charge in [0.1, 0.15) is 4.99 Å². The molecule has 1 unspecified atom stereocenters. The Morgan fingerprint density at radius 2 is 1.79 bits per heavy atom. The molecule has 3 nitrogen and oxygen atoms in total. The van der Waals surface area contributed by atoms with Crippen molar-refractivity contribution in [3.05, 3.63) is 76.5 Å². The van der Waals surface area contributed by atoms with Crippen LogP contribution in [0.2, 0.25) is 5.02 Å². The van der Waals surface area contributed by atoms with Crippen LogP contribution in [-0.2, 0) is 4.79 Å². The minimum absolute atomic E-state index is 0.0105. The van der Waals surface area contributed by atoms with Crippen LogP contribution in [0.4, 0.5) is 5.69 Å². The van der Waals surface area contributed by atoms with Crippen LogP contribution in [0.3, 0.4) is 0 Å². The number of rotatable bonds is 2. The summed E-state index contributed by atoms with van der Waals surface area (Å²) >= 11 is 12.1. The molecule has 0 radical (unpaired) electrons. The van der Waals surface area contributed by atoms with Gasteiger partial charge in [-0.2, -0.15) is 0 Å². The Kier molecular flexibility index (Phi) is 3.87. The lowest BCUT2D eigenvalue weighted by molar-refractivity contribution is -0.121. The van der Waals surface area contributed by atoms with E-state index in [-0.39, 0.29) is 11.8 Å². The number of nitrogens with zero attached hydrogens (tertiary/aromatic N) is 1. The van der Waals surface area contributed by atoms with Gasteiger partial charge in [0.15, 0.2) is 0 Å². The van der Waals surface area contributed by atoms with E-state index in [1.54, 1.807) is 0 Å². The zero-order chi connectivity index (χ0) is 16.7. The monoisotopic (exact) mass is 354 g/mol. The van der Waals surface area contributed by atoms with E-state index in [9.17, 15) is 4.79 Å². The van der Waals surface area contributed by atoms with E-state index >= 15 is 0 Å². The van der Waals surface area contributed by atoms with Crippen LogP contribution < -0.4 is 10.2 Å². The normalized spacial score (nSPS) is 20.2. The number of thiocarbonyl (C=S) groups is 1. The van der Waals surface area contributed by atoms with Gasteiger partial charge >= 0.3 is 0 Å². The van der Waals surface area contributed by atoms with Crippen molar-refractivity contribution in [2.45, 2.75) is 12.3 Å². The summed E-state index contributed by atoms with van der Waals surface area (Å²) < 4.78 is 0. The molecule has 1 N–H and O–H groups in total. The Morgan fingerprint density at radius 3 is 2.54 bits per heavy atom. The molecule has 0 spiro atoms. The number of carbonyl (C=O) groups is 1. The van der Waals surface area contributed by atoms with E-state index in [0.29, 0.717) is 18.0 Å². The molecule has 1 atom stereocenters. The van der Waals surface area contributed by atoms with Crippen molar-refractivity contribution >= 4 is 40.4 Å². The summed E-state index contributed by atoms with van der Waals surface area (Å²) in [7, 11) is 0. The van der Waals surface area contributed by atoms with Gasteiger partial charge in [0.05, 0.1) is 6.54 Å². The largest absolute Gasteiger partial charge is 0.328 e. The second kappa shape index (κ2) is 6.04. The number of nitrogens with one attached hydrogen (secondary N) is 1. The Morgan fingerprint density at radius 1 is 1.08 bits per heavy atom. The van der Waals surface area contributed by atoms with E-state index in [4.69, 9.17) is 23.8 Å². The fourth-order valence-electron chi connectivity index (χ4n) is 3.40. The molecule has 1 amide bonds. The average Bonchev–Trinajstić information content (AvgIpc) is 2.92. The van der Waals surface area contributed by atoms with Gasteiger partial charge in [0, 0.05) is 34.3 Å². The molecule has 0 saturated heterocycles. The van der Waals surface area contributed by atoms with Crippen LogP contribution >= 0.6 is 23.8 Å². The highest BCUT2D eigenvalue weighted by molar-refractivity contribution is 7.81. The van der Waals surface area contributed by atoms with Crippen molar-refractivity contribution in [1.82, 2.24) is 5.32 Å². The Bertz CT molecular complexity index is 863. The van der Waals surface area contributed by atoms with Crippen molar-refractivity contribution in [2.24, 2.45) is 0 Å². The first-order valence-electron chi connectivity index (χ1n) is 7.79. The summed E-state index contributed by atoms with van der Waals surface area (Å²) in [5, 5.41) is 3.67. The molecule has 24 heavy (non-hydrogen) atoms. The summed E-state index contributed by atoms with van der Waals surface area (Å²) in [6.07, 6.45) is 0.366. The minimum Gasteiger partial charge on any atom is -0.328 e. The van der Waals surface area contributed by atoms with Gasteiger partial charge in [-0.25, -0.2) is 0 Å². The number of benzene rings is 2. The molecule has 4 rings (SSSR count). The van der Waals surface area contributed by atoms with E-state index in [2.05, 4.69) is 10.2 Å². The molecular formula is C19H15ClN2OS. The lowest BCUT2D eigenvalue weighted by Crippen LogP contribution is -2.32. The van der Waals surface area contributed by atoms with E-state index in [1.807, 2.05) is 54.6 Å². The highest BCUT2D eigenvalue weighted by Crippen LogP contribution is 2.41. The highest BCUT2D eigenvalue weighted by atomic mass is 35.5. The molecule has 0 fully saturated rings. The maximum absolute atomic E-state index is 12.2. The maximum Gasteiger partial charge on any atom is 0.225 e. The molecule has 2 aliphatic heterocycles. The number of amides is 1. The lowest BCUT2D eigenvalue weighted by Gasteiger charge is -2.25. The number of hydrogen-bond acceptors (Lipinski definition) is 2. The number of halogens is 1. The molecule has 120 valence electrons. The molecule has 0 bridgehead atoms. The summed E-state index contributed by atoms with van der Waals surface area (Å²) in [5.41, 5.74) is 3.90. The molecule has 0 aliphatic carbocycles. The standard InChI is InChI=1S/C19H15ClN2OS/c20-15-9-5-4-8-13(15)14-10-17(23)21-16-11-22(19(24)18(14)16)12-6-2-1-3-7-12/h1-9,14H,10-11H2,(H,21,23). The van der Waals surface area contributed by atoms with E-state index in [0.717, 1.165) is 27.5 Å². The topological polar surface area (TPSA) is 32.3 Å². The second-order valence-electron chi connectivity index (χ2n) is 5.95. The van der Waals surface area contributed by atoms with Gasteiger partial charge < -0.3 is 10.2 Å². The second-order valence-corrected chi connectivity index (χ2v) is 6.74. The van der Waals surface area contributed by atoms with Crippen LogP contribution in [0, 0.1) is 0 Å². The number of hydrogen-bond donors (Lipinski definition) is 1. The van der Waals surface area contributed by atoms with Crippen molar-refractivity contribution in [3.63, 3.8) is 0 Å². The van der Waals surface area contributed by atoms with Gasteiger partial charge in [-0.15, -0.1) is 0 Å². The third-order valence-electron chi connectivity index (χ3n) is 4.49. The first kappa shape index (κ1) is 15.4. The SMILES string of the molecule is O=C1CC(c2ccccc2Cl)C2=C(CN(c3ccccc3)C2=S)N1. The first-order chi connectivity index (χ1) is 11.6. The smallest absolute Gasteiger partial charge is 0.225 e.